The number of rotatable bonds is 6. The minimum Gasteiger partial charge on any atom is -0.508 e. The highest BCUT2D eigenvalue weighted by Crippen LogP contribution is 2.19. The largest absolute Gasteiger partial charge is 0.508 e. The van der Waals surface area contributed by atoms with E-state index in [4.69, 9.17) is 0 Å². The molecular formula is C16H21NOS. The lowest BCUT2D eigenvalue weighted by Crippen LogP contribution is -2.28. The number of hydrogen-bond acceptors (Lipinski definition) is 3. The minimum absolute atomic E-state index is 0.334. The fourth-order valence-corrected chi connectivity index (χ4v) is 2.92. The molecule has 102 valence electrons. The summed E-state index contributed by atoms with van der Waals surface area (Å²) in [6.45, 7) is 4.44. The van der Waals surface area contributed by atoms with Crippen molar-refractivity contribution >= 4 is 11.3 Å². The van der Waals surface area contributed by atoms with Gasteiger partial charge >= 0.3 is 0 Å². The molecule has 3 heteroatoms. The zero-order valence-corrected chi connectivity index (χ0v) is 12.3. The topological polar surface area (TPSA) is 32.3 Å². The summed E-state index contributed by atoms with van der Waals surface area (Å²) in [6, 6.07) is 12.6. The summed E-state index contributed by atoms with van der Waals surface area (Å²) >= 11 is 1.80. The Kier molecular flexibility index (Phi) is 5.00. The standard InChI is InChI=1S/C16H21NOS/c1-12(17-13(2)16-4-3-11-19-16)5-6-14-7-9-15(18)10-8-14/h3-4,7-13,17-18H,5-6H2,1-2H3/t12?,13-/m1/s1. The number of aromatic hydroxyl groups is 1. The quantitative estimate of drug-likeness (QED) is 0.831. The van der Waals surface area contributed by atoms with Crippen LogP contribution in [0.15, 0.2) is 41.8 Å². The van der Waals surface area contributed by atoms with Crippen LogP contribution in [-0.4, -0.2) is 11.1 Å². The number of aryl methyl sites for hydroxylation is 1. The van der Waals surface area contributed by atoms with Crippen molar-refractivity contribution in [1.82, 2.24) is 5.32 Å². The van der Waals surface area contributed by atoms with E-state index in [0.29, 0.717) is 17.8 Å². The van der Waals surface area contributed by atoms with Crippen molar-refractivity contribution in [2.75, 3.05) is 0 Å². The Balaban J connectivity index is 1.78. The molecule has 2 atom stereocenters. The van der Waals surface area contributed by atoms with Gasteiger partial charge < -0.3 is 10.4 Å². The van der Waals surface area contributed by atoms with E-state index in [2.05, 4.69) is 36.7 Å². The van der Waals surface area contributed by atoms with E-state index in [-0.39, 0.29) is 0 Å². The number of thiophene rings is 1. The van der Waals surface area contributed by atoms with Crippen LogP contribution < -0.4 is 5.32 Å². The van der Waals surface area contributed by atoms with Crippen molar-refractivity contribution in [1.29, 1.82) is 0 Å². The second kappa shape index (κ2) is 6.73. The molecule has 2 nitrogen and oxygen atoms in total. The highest BCUT2D eigenvalue weighted by atomic mass is 32.1. The van der Waals surface area contributed by atoms with Crippen molar-refractivity contribution in [2.45, 2.75) is 38.8 Å². The Bertz CT molecular complexity index is 478. The summed E-state index contributed by atoms with van der Waals surface area (Å²) in [5.41, 5.74) is 1.27. The third kappa shape index (κ3) is 4.37. The fraction of sp³-hybridized carbons (Fsp3) is 0.375. The third-order valence-corrected chi connectivity index (χ3v) is 4.36. The zero-order chi connectivity index (χ0) is 13.7. The molecule has 2 N–H and O–H groups in total. The van der Waals surface area contributed by atoms with E-state index in [0.717, 1.165) is 12.8 Å². The monoisotopic (exact) mass is 275 g/mol. The lowest BCUT2D eigenvalue weighted by atomic mass is 10.1. The van der Waals surface area contributed by atoms with Crippen LogP contribution in [0.2, 0.25) is 0 Å². The molecule has 0 fully saturated rings. The first-order valence-electron chi connectivity index (χ1n) is 6.72. The van der Waals surface area contributed by atoms with Gasteiger partial charge in [0.25, 0.3) is 0 Å². The maximum Gasteiger partial charge on any atom is 0.115 e. The molecule has 2 aromatic rings. The fourth-order valence-electron chi connectivity index (χ4n) is 2.18. The lowest BCUT2D eigenvalue weighted by Gasteiger charge is -2.19. The molecular weight excluding hydrogens is 254 g/mol. The summed E-state index contributed by atoms with van der Waals surface area (Å²) < 4.78 is 0. The Hall–Kier alpha value is -1.32. The summed E-state index contributed by atoms with van der Waals surface area (Å²) in [4.78, 5) is 1.39. The Labute approximate surface area is 119 Å². The van der Waals surface area contributed by atoms with Gasteiger partial charge in [0.2, 0.25) is 0 Å². The van der Waals surface area contributed by atoms with Crippen molar-refractivity contribution in [3.05, 3.63) is 52.2 Å². The maximum atomic E-state index is 9.25. The van der Waals surface area contributed by atoms with Crippen LogP contribution in [0.1, 0.15) is 36.8 Å². The van der Waals surface area contributed by atoms with Gasteiger partial charge in [0.15, 0.2) is 0 Å². The summed E-state index contributed by atoms with van der Waals surface area (Å²) in [7, 11) is 0. The SMILES string of the molecule is CC(CCc1ccc(O)cc1)N[C@H](C)c1cccs1. The Morgan fingerprint density at radius 1 is 1.16 bits per heavy atom. The van der Waals surface area contributed by atoms with E-state index in [9.17, 15) is 5.11 Å². The molecule has 1 unspecified atom stereocenters. The molecule has 0 aliphatic heterocycles. The molecule has 0 aliphatic rings. The number of phenols is 1. The zero-order valence-electron chi connectivity index (χ0n) is 11.5. The van der Waals surface area contributed by atoms with Gasteiger partial charge in [-0.05, 0) is 55.8 Å². The molecule has 0 saturated heterocycles. The molecule has 2 rings (SSSR count). The molecule has 1 aromatic heterocycles. The maximum absolute atomic E-state index is 9.25. The van der Waals surface area contributed by atoms with E-state index < -0.39 is 0 Å². The summed E-state index contributed by atoms with van der Waals surface area (Å²) in [6.07, 6.45) is 2.13. The van der Waals surface area contributed by atoms with Gasteiger partial charge in [-0.2, -0.15) is 0 Å². The van der Waals surface area contributed by atoms with E-state index in [1.807, 2.05) is 12.1 Å². The molecule has 0 bridgehead atoms. The van der Waals surface area contributed by atoms with Crippen LogP contribution in [0.4, 0.5) is 0 Å². The van der Waals surface area contributed by atoms with Crippen LogP contribution in [0.3, 0.4) is 0 Å². The third-order valence-electron chi connectivity index (χ3n) is 3.31. The summed E-state index contributed by atoms with van der Waals surface area (Å²) in [5.74, 6) is 0.334. The van der Waals surface area contributed by atoms with Gasteiger partial charge in [-0.3, -0.25) is 0 Å². The predicted octanol–water partition coefficient (Wildman–Crippen LogP) is 4.13. The first kappa shape index (κ1) is 14.1. The molecule has 0 spiro atoms. The number of nitrogens with one attached hydrogen (secondary N) is 1. The van der Waals surface area contributed by atoms with Crippen LogP contribution in [0.5, 0.6) is 5.75 Å². The van der Waals surface area contributed by atoms with Gasteiger partial charge in [0.1, 0.15) is 5.75 Å². The van der Waals surface area contributed by atoms with Crippen molar-refractivity contribution in [2.24, 2.45) is 0 Å². The van der Waals surface area contributed by atoms with Crippen LogP contribution in [0, 0.1) is 0 Å². The predicted molar refractivity (Wildman–Crippen MR) is 81.8 cm³/mol. The second-order valence-corrected chi connectivity index (χ2v) is 5.99. The Morgan fingerprint density at radius 2 is 1.89 bits per heavy atom. The second-order valence-electron chi connectivity index (χ2n) is 5.01. The van der Waals surface area contributed by atoms with Crippen LogP contribution in [-0.2, 0) is 6.42 Å². The van der Waals surface area contributed by atoms with E-state index in [1.54, 1.807) is 23.5 Å². The highest BCUT2D eigenvalue weighted by molar-refractivity contribution is 7.10. The first-order chi connectivity index (χ1) is 9.15. The Morgan fingerprint density at radius 3 is 2.53 bits per heavy atom. The average Bonchev–Trinajstić information content (AvgIpc) is 2.92. The van der Waals surface area contributed by atoms with E-state index >= 15 is 0 Å². The molecule has 1 heterocycles. The summed E-state index contributed by atoms with van der Waals surface area (Å²) in [5, 5.41) is 15.0. The first-order valence-corrected chi connectivity index (χ1v) is 7.60. The van der Waals surface area contributed by atoms with Gasteiger partial charge in [-0.15, -0.1) is 11.3 Å². The normalized spacial score (nSPS) is 14.2. The number of benzene rings is 1. The highest BCUT2D eigenvalue weighted by Gasteiger charge is 2.10. The van der Waals surface area contributed by atoms with Crippen LogP contribution in [0.25, 0.3) is 0 Å². The van der Waals surface area contributed by atoms with Crippen molar-refractivity contribution in [3.8, 4) is 5.75 Å². The molecule has 0 radical (unpaired) electrons. The van der Waals surface area contributed by atoms with Gasteiger partial charge in [-0.25, -0.2) is 0 Å². The molecule has 0 amide bonds. The molecule has 1 aromatic carbocycles. The van der Waals surface area contributed by atoms with Gasteiger partial charge in [0.05, 0.1) is 0 Å². The molecule has 0 saturated carbocycles. The van der Waals surface area contributed by atoms with Crippen LogP contribution >= 0.6 is 11.3 Å². The minimum atomic E-state index is 0.334. The molecule has 19 heavy (non-hydrogen) atoms. The average molecular weight is 275 g/mol. The van der Waals surface area contributed by atoms with E-state index in [1.165, 1.54) is 10.4 Å². The van der Waals surface area contributed by atoms with Gasteiger partial charge in [-0.1, -0.05) is 18.2 Å². The smallest absolute Gasteiger partial charge is 0.115 e. The number of hydrogen-bond donors (Lipinski definition) is 2. The van der Waals surface area contributed by atoms with Gasteiger partial charge in [0, 0.05) is 17.0 Å². The number of phenolic OH excluding ortho intramolecular Hbond substituents is 1. The van der Waals surface area contributed by atoms with Crippen molar-refractivity contribution in [3.63, 3.8) is 0 Å². The lowest BCUT2D eigenvalue weighted by molar-refractivity contribution is 0.459. The van der Waals surface area contributed by atoms with Crippen molar-refractivity contribution < 1.29 is 5.11 Å². The molecule has 0 aliphatic carbocycles.